The Morgan fingerprint density at radius 3 is 1.86 bits per heavy atom. The summed E-state index contributed by atoms with van der Waals surface area (Å²) in [5, 5.41) is 0.920. The number of thiol groups is 1. The predicted octanol–water partition coefficient (Wildman–Crippen LogP) is 2.41. The summed E-state index contributed by atoms with van der Waals surface area (Å²) in [6.45, 7) is 6.57. The zero-order valence-corrected chi connectivity index (χ0v) is 6.77. The molecule has 0 nitrogen and oxygen atoms in total. The summed E-state index contributed by atoms with van der Waals surface area (Å²) in [6, 6.07) is 0. The Labute approximate surface area is 55.5 Å². The highest BCUT2D eigenvalue weighted by Crippen LogP contribution is 2.23. The highest BCUT2D eigenvalue weighted by molar-refractivity contribution is 8.10. The molecule has 2 heteroatoms. The van der Waals surface area contributed by atoms with E-state index in [9.17, 15) is 0 Å². The Hall–Kier alpha value is 0.700. The topological polar surface area (TPSA) is 0 Å². The van der Waals surface area contributed by atoms with E-state index in [2.05, 4.69) is 33.4 Å². The molecule has 0 rings (SSSR count). The molecule has 0 aliphatic rings. The zero-order chi connectivity index (χ0) is 5.91. The second-order valence-electron chi connectivity index (χ2n) is 2.39. The van der Waals surface area contributed by atoms with Crippen LogP contribution in [-0.4, -0.2) is 9.83 Å². The molecule has 0 unspecified atom stereocenters. The number of hydrogen-bond acceptors (Lipinski definition) is 2. The fraction of sp³-hybridized carbons (Fsp3) is 1.00. The first-order valence-corrected chi connectivity index (χ1v) is 3.93. The summed E-state index contributed by atoms with van der Waals surface area (Å²) in [5.74, 6) is 0. The molecule has 44 valence electrons. The largest absolute Gasteiger partial charge is 0.168 e. The molecule has 0 spiro atoms. The minimum atomic E-state index is 0.391. The molecule has 7 heavy (non-hydrogen) atoms. The zero-order valence-electron chi connectivity index (χ0n) is 5.06. The highest BCUT2D eigenvalue weighted by Gasteiger charge is 2.07. The molecule has 0 saturated carbocycles. The van der Waals surface area contributed by atoms with Crippen LogP contribution >= 0.6 is 24.4 Å². The molecule has 0 aliphatic heterocycles. The van der Waals surface area contributed by atoms with E-state index in [0.717, 1.165) is 5.08 Å². The SMILES string of the molecule is CC(C)(C)SCS. The van der Waals surface area contributed by atoms with Crippen molar-refractivity contribution in [2.24, 2.45) is 0 Å². The van der Waals surface area contributed by atoms with Crippen molar-refractivity contribution in [2.45, 2.75) is 25.5 Å². The van der Waals surface area contributed by atoms with Gasteiger partial charge in [0.25, 0.3) is 0 Å². The van der Waals surface area contributed by atoms with Gasteiger partial charge in [-0.3, -0.25) is 0 Å². The van der Waals surface area contributed by atoms with Crippen molar-refractivity contribution in [1.29, 1.82) is 0 Å². The van der Waals surface area contributed by atoms with Gasteiger partial charge in [0.15, 0.2) is 0 Å². The molecule has 0 saturated heterocycles. The summed E-state index contributed by atoms with van der Waals surface area (Å²) in [4.78, 5) is 0. The molecular formula is C5H12S2. The maximum atomic E-state index is 4.08. The van der Waals surface area contributed by atoms with Gasteiger partial charge >= 0.3 is 0 Å². The van der Waals surface area contributed by atoms with Gasteiger partial charge in [-0.05, 0) is 0 Å². The van der Waals surface area contributed by atoms with Crippen LogP contribution in [-0.2, 0) is 0 Å². The fourth-order valence-electron chi connectivity index (χ4n) is 0.194. The molecule has 0 aromatic rings. The van der Waals surface area contributed by atoms with E-state index in [4.69, 9.17) is 0 Å². The van der Waals surface area contributed by atoms with Crippen molar-refractivity contribution in [2.75, 3.05) is 5.08 Å². The summed E-state index contributed by atoms with van der Waals surface area (Å²) in [6.07, 6.45) is 0. The lowest BCUT2D eigenvalue weighted by Gasteiger charge is -2.14. The number of thioether (sulfide) groups is 1. The van der Waals surface area contributed by atoms with Gasteiger partial charge in [0.2, 0.25) is 0 Å². The van der Waals surface area contributed by atoms with Crippen LogP contribution in [0.15, 0.2) is 0 Å². The van der Waals surface area contributed by atoms with Crippen LogP contribution in [0.4, 0.5) is 0 Å². The molecule has 0 bridgehead atoms. The smallest absolute Gasteiger partial charge is 0.0367 e. The van der Waals surface area contributed by atoms with E-state index in [1.165, 1.54) is 0 Å². The van der Waals surface area contributed by atoms with E-state index >= 15 is 0 Å². The quantitative estimate of drug-likeness (QED) is 0.426. The van der Waals surface area contributed by atoms with Crippen LogP contribution in [0.2, 0.25) is 0 Å². The molecule has 0 amide bonds. The second kappa shape index (κ2) is 2.88. The minimum absolute atomic E-state index is 0.391. The van der Waals surface area contributed by atoms with Crippen molar-refractivity contribution in [3.63, 3.8) is 0 Å². The lowest BCUT2D eigenvalue weighted by Crippen LogP contribution is -2.06. The average Bonchev–Trinajstić information content (AvgIpc) is 1.30. The Bertz CT molecular complexity index is 44.5. The third-order valence-electron chi connectivity index (χ3n) is 0.498. The minimum Gasteiger partial charge on any atom is -0.168 e. The monoisotopic (exact) mass is 136 g/mol. The molecule has 0 radical (unpaired) electrons. The van der Waals surface area contributed by atoms with Crippen LogP contribution in [0, 0.1) is 0 Å². The van der Waals surface area contributed by atoms with E-state index < -0.39 is 0 Å². The molecule has 0 aromatic heterocycles. The van der Waals surface area contributed by atoms with Crippen molar-refractivity contribution >= 4 is 24.4 Å². The first-order chi connectivity index (χ1) is 3.06. The van der Waals surface area contributed by atoms with Gasteiger partial charge in [0.1, 0.15) is 0 Å². The summed E-state index contributed by atoms with van der Waals surface area (Å²) < 4.78 is 0.391. The van der Waals surface area contributed by atoms with Gasteiger partial charge < -0.3 is 0 Å². The first kappa shape index (κ1) is 7.70. The molecule has 0 aliphatic carbocycles. The van der Waals surface area contributed by atoms with E-state index in [1.54, 1.807) is 0 Å². The Kier molecular flexibility index (Phi) is 3.16. The van der Waals surface area contributed by atoms with Crippen LogP contribution < -0.4 is 0 Å². The fourth-order valence-corrected chi connectivity index (χ4v) is 1.74. The van der Waals surface area contributed by atoms with Crippen molar-refractivity contribution in [3.05, 3.63) is 0 Å². The summed E-state index contributed by atoms with van der Waals surface area (Å²) >= 11 is 5.93. The third kappa shape index (κ3) is 6.70. The van der Waals surface area contributed by atoms with Gasteiger partial charge in [0, 0.05) is 9.83 Å². The van der Waals surface area contributed by atoms with Gasteiger partial charge in [-0.15, -0.1) is 11.8 Å². The lowest BCUT2D eigenvalue weighted by molar-refractivity contribution is 0.806. The standard InChI is InChI=1S/C5H12S2/c1-5(2,3)7-4-6/h6H,4H2,1-3H3. The normalized spacial score (nSPS) is 12.0. The maximum absolute atomic E-state index is 4.08. The van der Waals surface area contributed by atoms with Crippen LogP contribution in [0.1, 0.15) is 20.8 Å². The first-order valence-electron chi connectivity index (χ1n) is 2.31. The van der Waals surface area contributed by atoms with E-state index in [1.807, 2.05) is 11.8 Å². The van der Waals surface area contributed by atoms with Crippen LogP contribution in [0.3, 0.4) is 0 Å². The Morgan fingerprint density at radius 2 is 1.86 bits per heavy atom. The summed E-state index contributed by atoms with van der Waals surface area (Å²) in [5.41, 5.74) is 0. The Balaban J connectivity index is 3.15. The number of rotatable bonds is 1. The van der Waals surface area contributed by atoms with Gasteiger partial charge in [0.05, 0.1) is 0 Å². The van der Waals surface area contributed by atoms with Gasteiger partial charge in [-0.25, -0.2) is 0 Å². The van der Waals surface area contributed by atoms with Crippen LogP contribution in [0.5, 0.6) is 0 Å². The molecule has 0 N–H and O–H groups in total. The third-order valence-corrected chi connectivity index (χ3v) is 1.88. The molecule has 0 aromatic carbocycles. The maximum Gasteiger partial charge on any atom is 0.0367 e. The number of hydrogen-bond donors (Lipinski definition) is 1. The van der Waals surface area contributed by atoms with Crippen molar-refractivity contribution in [1.82, 2.24) is 0 Å². The summed E-state index contributed by atoms with van der Waals surface area (Å²) in [7, 11) is 0. The average molecular weight is 136 g/mol. The van der Waals surface area contributed by atoms with Gasteiger partial charge in [-0.2, -0.15) is 12.6 Å². The van der Waals surface area contributed by atoms with Crippen molar-refractivity contribution < 1.29 is 0 Å². The lowest BCUT2D eigenvalue weighted by atomic mass is 10.3. The van der Waals surface area contributed by atoms with E-state index in [-0.39, 0.29) is 0 Å². The molecular weight excluding hydrogens is 124 g/mol. The highest BCUT2D eigenvalue weighted by atomic mass is 32.2. The van der Waals surface area contributed by atoms with Crippen LogP contribution in [0.25, 0.3) is 0 Å². The molecule has 0 atom stereocenters. The van der Waals surface area contributed by atoms with E-state index in [0.29, 0.717) is 4.75 Å². The molecule has 0 heterocycles. The van der Waals surface area contributed by atoms with Crippen molar-refractivity contribution in [3.8, 4) is 0 Å². The predicted molar refractivity (Wildman–Crippen MR) is 41.2 cm³/mol. The second-order valence-corrected chi connectivity index (χ2v) is 4.93. The Morgan fingerprint density at radius 1 is 1.43 bits per heavy atom. The molecule has 0 fully saturated rings. The van der Waals surface area contributed by atoms with Gasteiger partial charge in [-0.1, -0.05) is 20.8 Å².